The van der Waals surface area contributed by atoms with Gasteiger partial charge in [-0.2, -0.15) is 4.37 Å². The molecule has 5 heteroatoms. The van der Waals surface area contributed by atoms with Crippen LogP contribution in [-0.2, 0) is 6.42 Å². The van der Waals surface area contributed by atoms with Crippen molar-refractivity contribution in [2.45, 2.75) is 19.4 Å². The molecule has 3 rings (SSSR count). The molecule has 2 aromatic rings. The first-order valence-corrected chi connectivity index (χ1v) is 7.46. The van der Waals surface area contributed by atoms with Crippen molar-refractivity contribution in [1.82, 2.24) is 9.27 Å². The van der Waals surface area contributed by atoms with Crippen LogP contribution in [0.5, 0.6) is 0 Å². The Hall–Kier alpha value is -1.72. The minimum absolute atomic E-state index is 0.0372. The summed E-state index contributed by atoms with van der Waals surface area (Å²) in [6.07, 6.45) is 0.828. The highest BCUT2D eigenvalue weighted by atomic mass is 32.1. The number of rotatable bonds is 2. The second kappa shape index (κ2) is 5.34. The van der Waals surface area contributed by atoms with Crippen molar-refractivity contribution in [2.75, 3.05) is 13.2 Å². The number of hydrogen-bond donors (Lipinski definition) is 1. The summed E-state index contributed by atoms with van der Waals surface area (Å²) >= 11 is 1.29. The Morgan fingerprint density at radius 2 is 2.30 bits per heavy atom. The van der Waals surface area contributed by atoms with E-state index in [0.29, 0.717) is 12.1 Å². The van der Waals surface area contributed by atoms with Gasteiger partial charge >= 0.3 is 0 Å². The summed E-state index contributed by atoms with van der Waals surface area (Å²) in [6, 6.07) is 7.75. The number of hydrogen-bond acceptors (Lipinski definition) is 4. The number of aliphatic hydroxyl groups is 1. The molecule has 0 saturated carbocycles. The van der Waals surface area contributed by atoms with E-state index in [1.54, 1.807) is 10.3 Å². The van der Waals surface area contributed by atoms with Crippen LogP contribution in [0.15, 0.2) is 29.6 Å². The molecule has 1 aliphatic heterocycles. The first-order chi connectivity index (χ1) is 9.72. The highest BCUT2D eigenvalue weighted by Crippen LogP contribution is 2.31. The predicted octanol–water partition coefficient (Wildman–Crippen LogP) is 2.18. The first-order valence-electron chi connectivity index (χ1n) is 6.63. The summed E-state index contributed by atoms with van der Waals surface area (Å²) in [7, 11) is 0. The number of benzene rings is 1. The molecule has 0 radical (unpaired) electrons. The van der Waals surface area contributed by atoms with E-state index in [-0.39, 0.29) is 18.6 Å². The molecule has 0 bridgehead atoms. The summed E-state index contributed by atoms with van der Waals surface area (Å²) in [5.74, 6) is -0.0372. The van der Waals surface area contributed by atoms with Crippen molar-refractivity contribution in [3.63, 3.8) is 0 Å². The fourth-order valence-corrected chi connectivity index (χ4v) is 3.43. The van der Waals surface area contributed by atoms with E-state index in [1.807, 2.05) is 25.1 Å². The van der Waals surface area contributed by atoms with Crippen molar-refractivity contribution in [3.05, 3.63) is 52.0 Å². The summed E-state index contributed by atoms with van der Waals surface area (Å²) in [5.41, 5.74) is 3.68. The maximum Gasteiger partial charge on any atom is 0.257 e. The van der Waals surface area contributed by atoms with Gasteiger partial charge in [0.25, 0.3) is 5.91 Å². The van der Waals surface area contributed by atoms with Crippen LogP contribution in [0.2, 0.25) is 0 Å². The molecule has 2 heterocycles. The summed E-state index contributed by atoms with van der Waals surface area (Å²) in [6.45, 7) is 2.42. The molecule has 20 heavy (non-hydrogen) atoms. The van der Waals surface area contributed by atoms with Crippen molar-refractivity contribution in [3.8, 4) is 0 Å². The zero-order valence-electron chi connectivity index (χ0n) is 11.2. The molecule has 4 nitrogen and oxygen atoms in total. The Balaban J connectivity index is 1.96. The van der Waals surface area contributed by atoms with Gasteiger partial charge in [-0.05, 0) is 36.0 Å². The molecule has 1 aromatic heterocycles. The van der Waals surface area contributed by atoms with Crippen molar-refractivity contribution < 1.29 is 9.90 Å². The topological polar surface area (TPSA) is 53.4 Å². The van der Waals surface area contributed by atoms with Gasteiger partial charge in [0.15, 0.2) is 0 Å². The van der Waals surface area contributed by atoms with Crippen molar-refractivity contribution in [2.24, 2.45) is 0 Å². The number of aromatic nitrogens is 1. The monoisotopic (exact) mass is 288 g/mol. The third-order valence-electron chi connectivity index (χ3n) is 3.83. The second-order valence-corrected chi connectivity index (χ2v) is 5.59. The van der Waals surface area contributed by atoms with Gasteiger partial charge in [0, 0.05) is 11.9 Å². The molecule has 0 aliphatic carbocycles. The van der Waals surface area contributed by atoms with E-state index in [2.05, 4.69) is 10.4 Å². The van der Waals surface area contributed by atoms with Gasteiger partial charge in [-0.15, -0.1) is 0 Å². The lowest BCUT2D eigenvalue weighted by atomic mass is 9.92. The van der Waals surface area contributed by atoms with E-state index in [4.69, 9.17) is 0 Å². The molecule has 0 fully saturated rings. The summed E-state index contributed by atoms with van der Waals surface area (Å²) in [4.78, 5) is 14.4. The van der Waals surface area contributed by atoms with E-state index < -0.39 is 0 Å². The van der Waals surface area contributed by atoms with Gasteiger partial charge < -0.3 is 10.0 Å². The molecule has 1 aliphatic rings. The van der Waals surface area contributed by atoms with Crippen molar-refractivity contribution in [1.29, 1.82) is 0 Å². The number of carbonyl (C=O) groups is 1. The molecule has 0 saturated heterocycles. The van der Waals surface area contributed by atoms with Crippen LogP contribution in [0, 0.1) is 6.92 Å². The van der Waals surface area contributed by atoms with Crippen LogP contribution in [0.1, 0.15) is 33.2 Å². The Labute approximate surface area is 121 Å². The Morgan fingerprint density at radius 3 is 3.00 bits per heavy atom. The van der Waals surface area contributed by atoms with Gasteiger partial charge in [-0.25, -0.2) is 0 Å². The van der Waals surface area contributed by atoms with Gasteiger partial charge in [0.1, 0.15) is 0 Å². The molecule has 1 aromatic carbocycles. The molecular weight excluding hydrogens is 272 g/mol. The third-order valence-corrected chi connectivity index (χ3v) is 4.55. The maximum atomic E-state index is 12.6. The quantitative estimate of drug-likeness (QED) is 0.921. The largest absolute Gasteiger partial charge is 0.394 e. The molecular formula is C15H16N2O2S. The first kappa shape index (κ1) is 13.3. The fourth-order valence-electron chi connectivity index (χ4n) is 2.74. The van der Waals surface area contributed by atoms with Gasteiger partial charge in [-0.1, -0.05) is 24.3 Å². The number of carbonyl (C=O) groups excluding carboxylic acids is 1. The predicted molar refractivity (Wildman–Crippen MR) is 77.9 cm³/mol. The Kier molecular flexibility index (Phi) is 3.54. The Morgan fingerprint density at radius 1 is 1.50 bits per heavy atom. The Bertz CT molecular complexity index is 638. The molecule has 0 spiro atoms. The van der Waals surface area contributed by atoms with E-state index in [1.165, 1.54) is 17.1 Å². The van der Waals surface area contributed by atoms with Gasteiger partial charge in [0.05, 0.1) is 23.9 Å². The third kappa shape index (κ3) is 2.13. The van der Waals surface area contributed by atoms with Crippen LogP contribution in [0.25, 0.3) is 0 Å². The van der Waals surface area contributed by atoms with Crippen LogP contribution in [0.4, 0.5) is 0 Å². The van der Waals surface area contributed by atoms with Gasteiger partial charge in [-0.3, -0.25) is 4.79 Å². The number of amides is 1. The summed E-state index contributed by atoms with van der Waals surface area (Å²) in [5, 5.41) is 11.5. The standard InChI is InChI=1S/C15H16N2O2S/c1-10-13(9-20-16-10)15(19)17-7-6-11-4-2-3-5-12(11)14(17)8-18/h2-5,9,14,18H,6-8H2,1H3/t14-/m1/s1. The average molecular weight is 288 g/mol. The summed E-state index contributed by atoms with van der Waals surface area (Å²) < 4.78 is 4.16. The van der Waals surface area contributed by atoms with Crippen LogP contribution >= 0.6 is 11.5 Å². The van der Waals surface area contributed by atoms with Crippen molar-refractivity contribution >= 4 is 17.4 Å². The smallest absolute Gasteiger partial charge is 0.257 e. The lowest BCUT2D eigenvalue weighted by molar-refractivity contribution is 0.0568. The number of aryl methyl sites for hydroxylation is 1. The maximum absolute atomic E-state index is 12.6. The SMILES string of the molecule is Cc1nscc1C(=O)N1CCc2ccccc2[C@H]1CO. The van der Waals surface area contributed by atoms with Crippen LogP contribution in [0.3, 0.4) is 0 Å². The molecule has 104 valence electrons. The number of nitrogens with zero attached hydrogens (tertiary/aromatic N) is 2. The van der Waals surface area contributed by atoms with E-state index in [0.717, 1.165) is 17.7 Å². The van der Waals surface area contributed by atoms with Gasteiger partial charge in [0.2, 0.25) is 0 Å². The van der Waals surface area contributed by atoms with E-state index >= 15 is 0 Å². The molecule has 1 amide bonds. The average Bonchev–Trinajstić information content (AvgIpc) is 2.91. The fraction of sp³-hybridized carbons (Fsp3) is 0.333. The van der Waals surface area contributed by atoms with Crippen LogP contribution in [-0.4, -0.2) is 33.4 Å². The zero-order valence-corrected chi connectivity index (χ0v) is 12.1. The highest BCUT2D eigenvalue weighted by molar-refractivity contribution is 7.03. The zero-order chi connectivity index (χ0) is 14.1. The van der Waals surface area contributed by atoms with E-state index in [9.17, 15) is 9.90 Å². The minimum Gasteiger partial charge on any atom is -0.394 e. The lowest BCUT2D eigenvalue weighted by Crippen LogP contribution is -2.41. The number of aliphatic hydroxyl groups excluding tert-OH is 1. The molecule has 0 unspecified atom stereocenters. The minimum atomic E-state index is -0.258. The lowest BCUT2D eigenvalue weighted by Gasteiger charge is -2.36. The molecule has 1 N–H and O–H groups in total. The van der Waals surface area contributed by atoms with Crippen LogP contribution < -0.4 is 0 Å². The number of fused-ring (bicyclic) bond motifs is 1. The molecule has 1 atom stereocenters. The highest BCUT2D eigenvalue weighted by Gasteiger charge is 2.31. The normalized spacial score (nSPS) is 17.9. The second-order valence-electron chi connectivity index (χ2n) is 4.96.